The molecule has 1 unspecified atom stereocenters. The van der Waals surface area contributed by atoms with Crippen LogP contribution in [0.4, 0.5) is 14.7 Å². The second-order valence-electron chi connectivity index (χ2n) is 7.43. The van der Waals surface area contributed by atoms with E-state index < -0.39 is 5.92 Å². The van der Waals surface area contributed by atoms with Crippen LogP contribution in [0.3, 0.4) is 0 Å². The van der Waals surface area contributed by atoms with Crippen LogP contribution in [-0.4, -0.2) is 37.6 Å². The quantitative estimate of drug-likeness (QED) is 0.567. The van der Waals surface area contributed by atoms with Gasteiger partial charge in [0.1, 0.15) is 0 Å². The van der Waals surface area contributed by atoms with Crippen molar-refractivity contribution in [3.8, 4) is 0 Å². The summed E-state index contributed by atoms with van der Waals surface area (Å²) in [5.74, 6) is -2.21. The molecule has 0 amide bonds. The first-order chi connectivity index (χ1) is 13.8. The van der Waals surface area contributed by atoms with Gasteiger partial charge in [0.05, 0.1) is 35.5 Å². The normalized spacial score (nSPS) is 18.1. The van der Waals surface area contributed by atoms with Crippen LogP contribution in [0.25, 0.3) is 5.70 Å². The number of aliphatic imine (C=N–C) groups is 1. The van der Waals surface area contributed by atoms with E-state index in [-0.39, 0.29) is 24.8 Å². The summed E-state index contributed by atoms with van der Waals surface area (Å²) >= 11 is 0. The molecule has 1 aliphatic rings. The average molecular weight is 403 g/mol. The highest BCUT2D eigenvalue weighted by Gasteiger charge is 2.38. The third-order valence-corrected chi connectivity index (χ3v) is 5.19. The summed E-state index contributed by atoms with van der Waals surface area (Å²) in [5, 5.41) is 15.1. The zero-order valence-electron chi connectivity index (χ0n) is 16.8. The number of aryl methyl sites for hydroxylation is 1. The predicted molar refractivity (Wildman–Crippen MR) is 110 cm³/mol. The lowest BCUT2D eigenvalue weighted by molar-refractivity contribution is -0.0493. The van der Waals surface area contributed by atoms with Crippen molar-refractivity contribution in [1.82, 2.24) is 25.1 Å². The Kier molecular flexibility index (Phi) is 6.24. The van der Waals surface area contributed by atoms with Gasteiger partial charge in [-0.2, -0.15) is 5.10 Å². The minimum Gasteiger partial charge on any atom is -0.375 e. The minimum atomic E-state index is -2.59. The van der Waals surface area contributed by atoms with Crippen LogP contribution < -0.4 is 5.32 Å². The van der Waals surface area contributed by atoms with Gasteiger partial charge < -0.3 is 15.7 Å². The molecular formula is C20H27F2N7. The van der Waals surface area contributed by atoms with Gasteiger partial charge in [-0.25, -0.2) is 18.8 Å². The van der Waals surface area contributed by atoms with E-state index in [9.17, 15) is 8.78 Å². The Balaban J connectivity index is 1.84. The highest BCUT2D eigenvalue weighted by atomic mass is 19.3. The molecule has 0 radical (unpaired) electrons. The summed E-state index contributed by atoms with van der Waals surface area (Å²) in [7, 11) is 0. The maximum Gasteiger partial charge on any atom is 0.248 e. The molecule has 1 fully saturated rings. The number of rotatable bonds is 8. The Hall–Kier alpha value is -2.84. The number of nitrogens with zero attached hydrogens (tertiary/aromatic N) is 4. The van der Waals surface area contributed by atoms with E-state index in [0.717, 1.165) is 11.4 Å². The van der Waals surface area contributed by atoms with Crippen LogP contribution in [-0.2, 0) is 6.54 Å². The molecule has 3 N–H and O–H groups in total. The van der Waals surface area contributed by atoms with E-state index in [1.807, 2.05) is 17.7 Å². The van der Waals surface area contributed by atoms with Crippen molar-refractivity contribution in [3.63, 3.8) is 0 Å². The average Bonchev–Trinajstić information content (AvgIpc) is 3.34. The third kappa shape index (κ3) is 5.16. The third-order valence-electron chi connectivity index (χ3n) is 5.19. The molecule has 2 heterocycles. The van der Waals surface area contributed by atoms with E-state index in [4.69, 9.17) is 5.41 Å². The lowest BCUT2D eigenvalue weighted by atomic mass is 9.81. The van der Waals surface area contributed by atoms with Gasteiger partial charge in [0, 0.05) is 31.3 Å². The molecule has 0 aromatic carbocycles. The van der Waals surface area contributed by atoms with E-state index in [2.05, 4.69) is 32.0 Å². The van der Waals surface area contributed by atoms with Gasteiger partial charge in [-0.15, -0.1) is 0 Å². The predicted octanol–water partition coefficient (Wildman–Crippen LogP) is 4.50. The van der Waals surface area contributed by atoms with Crippen molar-refractivity contribution in [2.24, 2.45) is 10.9 Å². The fourth-order valence-electron chi connectivity index (χ4n) is 3.65. The van der Waals surface area contributed by atoms with Gasteiger partial charge in [-0.3, -0.25) is 4.68 Å². The molecule has 1 aliphatic carbocycles. The highest BCUT2D eigenvalue weighted by Crippen LogP contribution is 2.41. The summed E-state index contributed by atoms with van der Waals surface area (Å²) in [5.41, 5.74) is 2.62. The zero-order valence-corrected chi connectivity index (χ0v) is 16.8. The molecule has 0 saturated heterocycles. The number of aromatic amines is 1. The fourth-order valence-corrected chi connectivity index (χ4v) is 3.65. The van der Waals surface area contributed by atoms with Crippen molar-refractivity contribution in [3.05, 3.63) is 36.4 Å². The van der Waals surface area contributed by atoms with Crippen LogP contribution in [0.2, 0.25) is 0 Å². The topological polar surface area (TPSA) is 94.7 Å². The van der Waals surface area contributed by atoms with Gasteiger partial charge in [0.2, 0.25) is 11.9 Å². The first-order valence-corrected chi connectivity index (χ1v) is 9.78. The molecule has 7 nitrogen and oxygen atoms in total. The number of aromatic nitrogens is 4. The van der Waals surface area contributed by atoms with Crippen LogP contribution >= 0.6 is 0 Å². The molecule has 0 bridgehead atoms. The Morgan fingerprint density at radius 3 is 2.90 bits per heavy atom. The van der Waals surface area contributed by atoms with E-state index >= 15 is 0 Å². The van der Waals surface area contributed by atoms with Gasteiger partial charge in [0.25, 0.3) is 0 Å². The highest BCUT2D eigenvalue weighted by molar-refractivity contribution is 6.28. The second kappa shape index (κ2) is 8.67. The van der Waals surface area contributed by atoms with Crippen molar-refractivity contribution in [2.45, 2.75) is 58.0 Å². The van der Waals surface area contributed by atoms with E-state index in [0.29, 0.717) is 36.7 Å². The molecule has 2 aromatic heterocycles. The largest absolute Gasteiger partial charge is 0.375 e. The summed E-state index contributed by atoms with van der Waals surface area (Å²) in [6.45, 7) is 8.47. The lowest BCUT2D eigenvalue weighted by Gasteiger charge is -2.34. The van der Waals surface area contributed by atoms with Crippen LogP contribution in [0.1, 0.15) is 57.0 Å². The monoisotopic (exact) mass is 403 g/mol. The number of nitrogens with one attached hydrogen (secondary N) is 3. The van der Waals surface area contributed by atoms with E-state index in [1.165, 1.54) is 6.21 Å². The number of halogens is 2. The van der Waals surface area contributed by atoms with Crippen molar-refractivity contribution in [2.75, 3.05) is 0 Å². The van der Waals surface area contributed by atoms with Crippen LogP contribution in [0.15, 0.2) is 30.0 Å². The standard InChI is InChI=1S/C20H27F2N7/c1-4-29-17(7-10-26-29)14(3)27-18(15-5-8-20(21,22)9-6-15)16-12-25-19(28-16)24-11-13(2)23/h7,10-12,15,18,23,27H,3-6,8-9H2,1-2H3,(H,25,28)/b23-13?,24-11-. The first-order valence-electron chi connectivity index (χ1n) is 9.78. The molecule has 156 valence electrons. The fraction of sp³-hybridized carbons (Fsp3) is 0.500. The molecule has 1 atom stereocenters. The van der Waals surface area contributed by atoms with Crippen LogP contribution in [0.5, 0.6) is 0 Å². The zero-order chi connectivity index (χ0) is 21.0. The number of hydrogen-bond acceptors (Lipinski definition) is 5. The summed E-state index contributed by atoms with van der Waals surface area (Å²) in [6, 6.07) is 1.62. The Morgan fingerprint density at radius 1 is 1.52 bits per heavy atom. The van der Waals surface area contributed by atoms with Gasteiger partial charge >= 0.3 is 0 Å². The minimum absolute atomic E-state index is 0.00567. The molecule has 1 saturated carbocycles. The Labute approximate surface area is 168 Å². The number of H-pyrrole nitrogens is 1. The Bertz CT molecular complexity index is 886. The number of alkyl halides is 2. The summed E-state index contributed by atoms with van der Waals surface area (Å²) in [6.07, 6.45) is 5.35. The number of hydrogen-bond donors (Lipinski definition) is 3. The molecular weight excluding hydrogens is 376 g/mol. The first kappa shape index (κ1) is 20.9. The lowest BCUT2D eigenvalue weighted by Crippen LogP contribution is -2.34. The van der Waals surface area contributed by atoms with Gasteiger partial charge in [-0.1, -0.05) is 6.58 Å². The Morgan fingerprint density at radius 2 is 2.24 bits per heavy atom. The van der Waals surface area contributed by atoms with Crippen molar-refractivity contribution < 1.29 is 8.78 Å². The maximum absolute atomic E-state index is 13.7. The molecule has 2 aromatic rings. The van der Waals surface area contributed by atoms with Crippen molar-refractivity contribution >= 4 is 23.6 Å². The van der Waals surface area contributed by atoms with Gasteiger partial charge in [-0.05, 0) is 38.7 Å². The van der Waals surface area contributed by atoms with E-state index in [1.54, 1.807) is 19.3 Å². The SMILES string of the molecule is C=C(NC(c1cnc(/N=C\C(C)=N)[nH]1)C1CCC(F)(F)CC1)c1ccnn1CC. The smallest absolute Gasteiger partial charge is 0.248 e. The van der Waals surface area contributed by atoms with Gasteiger partial charge in [0.15, 0.2) is 0 Å². The summed E-state index contributed by atoms with van der Waals surface area (Å²) < 4.78 is 29.2. The summed E-state index contributed by atoms with van der Waals surface area (Å²) in [4.78, 5) is 11.5. The maximum atomic E-state index is 13.7. The molecule has 0 aliphatic heterocycles. The molecule has 0 spiro atoms. The van der Waals surface area contributed by atoms with Crippen molar-refractivity contribution in [1.29, 1.82) is 5.41 Å². The molecule has 29 heavy (non-hydrogen) atoms. The second-order valence-corrected chi connectivity index (χ2v) is 7.43. The number of imidazole rings is 1. The molecule has 9 heteroatoms. The van der Waals surface area contributed by atoms with Crippen LogP contribution in [0, 0.1) is 11.3 Å². The molecule has 3 rings (SSSR count).